The van der Waals surface area contributed by atoms with Crippen molar-refractivity contribution in [3.05, 3.63) is 17.8 Å². The van der Waals surface area contributed by atoms with Gasteiger partial charge in [-0.15, -0.1) is 0 Å². The topological polar surface area (TPSA) is 113 Å². The molecule has 1 N–H and O–H groups in total. The third-order valence-electron chi connectivity index (χ3n) is 3.63. The molecule has 0 aliphatic heterocycles. The fraction of sp³-hybridized carbons (Fsp3) is 0.579. The first-order chi connectivity index (χ1) is 13.5. The summed E-state index contributed by atoms with van der Waals surface area (Å²) in [6, 6.07) is 1.38. The molecule has 1 rings (SSSR count). The first-order valence-electron chi connectivity index (χ1n) is 9.34. The van der Waals surface area contributed by atoms with Crippen LogP contribution in [-0.2, 0) is 14.3 Å². The molecule has 0 atom stereocenters. The number of carbonyl (C=O) groups is 3. The smallest absolute Gasteiger partial charge is 0.414 e. The van der Waals surface area contributed by atoms with E-state index < -0.39 is 18.0 Å². The minimum Gasteiger partial charge on any atom is -0.491 e. The molecule has 0 spiro atoms. The van der Waals surface area contributed by atoms with E-state index in [0.29, 0.717) is 6.61 Å². The van der Waals surface area contributed by atoms with Crippen molar-refractivity contribution >= 4 is 18.0 Å². The second-order valence-corrected chi connectivity index (χ2v) is 5.83. The van der Waals surface area contributed by atoms with Crippen molar-refractivity contribution in [1.29, 1.82) is 0 Å². The highest BCUT2D eigenvalue weighted by atomic mass is 16.6. The molecule has 1 heterocycles. The number of hydrogen-bond acceptors (Lipinski definition) is 8. The average molecular weight is 396 g/mol. The number of hydrogen-bond donors (Lipinski definition) is 1. The van der Waals surface area contributed by atoms with Crippen molar-refractivity contribution in [3.63, 3.8) is 0 Å². The van der Waals surface area contributed by atoms with Crippen LogP contribution in [0, 0.1) is 0 Å². The second-order valence-electron chi connectivity index (χ2n) is 5.83. The van der Waals surface area contributed by atoms with Crippen LogP contribution < -0.4 is 14.8 Å². The monoisotopic (exact) mass is 396 g/mol. The molecule has 0 saturated carbocycles. The van der Waals surface area contributed by atoms with Crippen LogP contribution in [0.3, 0.4) is 0 Å². The first-order valence-corrected chi connectivity index (χ1v) is 9.34. The molecule has 0 bridgehead atoms. The van der Waals surface area contributed by atoms with Gasteiger partial charge < -0.3 is 24.3 Å². The van der Waals surface area contributed by atoms with Gasteiger partial charge in [-0.3, -0.25) is 4.79 Å². The van der Waals surface area contributed by atoms with E-state index in [1.54, 1.807) is 6.92 Å². The molecular weight excluding hydrogens is 368 g/mol. The van der Waals surface area contributed by atoms with Crippen molar-refractivity contribution in [1.82, 2.24) is 10.3 Å². The van der Waals surface area contributed by atoms with Gasteiger partial charge >= 0.3 is 18.0 Å². The lowest BCUT2D eigenvalue weighted by atomic mass is 10.2. The number of pyridine rings is 1. The van der Waals surface area contributed by atoms with E-state index in [1.165, 1.54) is 25.8 Å². The van der Waals surface area contributed by atoms with Gasteiger partial charge in [0.25, 0.3) is 5.88 Å². The number of methoxy groups -OCH3 is 1. The Balaban J connectivity index is 2.54. The molecule has 0 aliphatic carbocycles. The van der Waals surface area contributed by atoms with Gasteiger partial charge in [-0.25, -0.2) is 14.6 Å². The van der Waals surface area contributed by atoms with E-state index in [1.807, 2.05) is 0 Å². The number of ether oxygens (including phenoxy) is 4. The van der Waals surface area contributed by atoms with Crippen LogP contribution >= 0.6 is 0 Å². The Morgan fingerprint density at radius 1 is 1.07 bits per heavy atom. The van der Waals surface area contributed by atoms with Gasteiger partial charge in [-0.05, 0) is 13.3 Å². The molecule has 156 valence electrons. The third kappa shape index (κ3) is 8.70. The highest BCUT2D eigenvalue weighted by Crippen LogP contribution is 2.25. The van der Waals surface area contributed by atoms with E-state index in [0.717, 1.165) is 25.7 Å². The van der Waals surface area contributed by atoms with Crippen molar-refractivity contribution in [2.45, 2.75) is 46.0 Å². The van der Waals surface area contributed by atoms with E-state index >= 15 is 0 Å². The van der Waals surface area contributed by atoms with Crippen LogP contribution in [0.4, 0.5) is 4.79 Å². The van der Waals surface area contributed by atoms with Gasteiger partial charge in [0.15, 0.2) is 5.75 Å². The minimum atomic E-state index is -0.902. The summed E-state index contributed by atoms with van der Waals surface area (Å²) in [5.41, 5.74) is 0.185. The van der Waals surface area contributed by atoms with Crippen LogP contribution in [-0.4, -0.2) is 49.9 Å². The number of amides is 1. The lowest BCUT2D eigenvalue weighted by Crippen LogP contribution is -2.33. The van der Waals surface area contributed by atoms with Gasteiger partial charge in [0.05, 0.1) is 25.9 Å². The standard InChI is InChI=1S/C19H28N2O7/c1-4-6-7-8-9-10-27-18(23)14-11-15(25-3)17(20-12-14)28-19(24)21-13-16(22)26-5-2/h11-12H,4-10,13H2,1-3H3,(H,21,24). The van der Waals surface area contributed by atoms with Gasteiger partial charge in [0.2, 0.25) is 0 Å². The number of rotatable bonds is 12. The quantitative estimate of drug-likeness (QED) is 0.424. The fourth-order valence-electron chi connectivity index (χ4n) is 2.20. The Morgan fingerprint density at radius 2 is 1.82 bits per heavy atom. The highest BCUT2D eigenvalue weighted by Gasteiger charge is 2.17. The van der Waals surface area contributed by atoms with Crippen LogP contribution in [0.2, 0.25) is 0 Å². The number of aromatic nitrogens is 1. The second kappa shape index (κ2) is 13.3. The number of esters is 2. The lowest BCUT2D eigenvalue weighted by molar-refractivity contribution is -0.141. The molecule has 1 aromatic rings. The molecular formula is C19H28N2O7. The third-order valence-corrected chi connectivity index (χ3v) is 3.63. The maximum Gasteiger partial charge on any atom is 0.414 e. The lowest BCUT2D eigenvalue weighted by Gasteiger charge is -2.10. The zero-order valence-electron chi connectivity index (χ0n) is 16.6. The average Bonchev–Trinajstić information content (AvgIpc) is 2.69. The highest BCUT2D eigenvalue weighted by molar-refractivity contribution is 5.89. The van der Waals surface area contributed by atoms with Crippen LogP contribution in [0.15, 0.2) is 12.3 Å². The van der Waals surface area contributed by atoms with E-state index in [2.05, 4.69) is 22.0 Å². The summed E-state index contributed by atoms with van der Waals surface area (Å²) in [7, 11) is 1.35. The normalized spacial score (nSPS) is 10.1. The van der Waals surface area contributed by atoms with Crippen LogP contribution in [0.1, 0.15) is 56.3 Å². The van der Waals surface area contributed by atoms with Gasteiger partial charge in [-0.1, -0.05) is 32.6 Å². The number of nitrogens with zero attached hydrogens (tertiary/aromatic N) is 1. The molecule has 0 aromatic carbocycles. The maximum absolute atomic E-state index is 12.1. The zero-order chi connectivity index (χ0) is 20.8. The van der Waals surface area contributed by atoms with Crippen molar-refractivity contribution in [2.75, 3.05) is 26.9 Å². The molecule has 0 radical (unpaired) electrons. The molecule has 1 amide bonds. The molecule has 0 fully saturated rings. The Morgan fingerprint density at radius 3 is 2.50 bits per heavy atom. The first kappa shape index (κ1) is 23.2. The molecule has 0 aliphatic rings. The summed E-state index contributed by atoms with van der Waals surface area (Å²) in [5, 5.41) is 2.23. The summed E-state index contributed by atoms with van der Waals surface area (Å²) in [5.74, 6) is -1.17. The predicted molar refractivity (Wildman–Crippen MR) is 100 cm³/mol. The minimum absolute atomic E-state index is 0.0867. The van der Waals surface area contributed by atoms with E-state index in [9.17, 15) is 14.4 Å². The van der Waals surface area contributed by atoms with Crippen molar-refractivity contribution in [2.24, 2.45) is 0 Å². The summed E-state index contributed by atoms with van der Waals surface area (Å²) in [6.07, 6.45) is 5.59. The number of carbonyl (C=O) groups excluding carboxylic acids is 3. The fourth-order valence-corrected chi connectivity index (χ4v) is 2.20. The molecule has 9 nitrogen and oxygen atoms in total. The van der Waals surface area contributed by atoms with Gasteiger partial charge in [0, 0.05) is 12.3 Å². The SMILES string of the molecule is CCCCCCCOC(=O)c1cnc(OC(=O)NCC(=O)OCC)c(OC)c1. The van der Waals surface area contributed by atoms with Crippen molar-refractivity contribution in [3.8, 4) is 11.6 Å². The van der Waals surface area contributed by atoms with E-state index in [-0.39, 0.29) is 30.3 Å². The Bertz CT molecular complexity index is 649. The van der Waals surface area contributed by atoms with Crippen molar-refractivity contribution < 1.29 is 33.3 Å². The number of unbranched alkanes of at least 4 members (excludes halogenated alkanes) is 4. The molecule has 0 saturated heterocycles. The van der Waals surface area contributed by atoms with E-state index in [4.69, 9.17) is 14.2 Å². The van der Waals surface area contributed by atoms with Gasteiger partial charge in [0.1, 0.15) is 6.54 Å². The summed E-state index contributed by atoms with van der Waals surface area (Å²) < 4.78 is 20.0. The molecule has 1 aromatic heterocycles. The zero-order valence-corrected chi connectivity index (χ0v) is 16.6. The predicted octanol–water partition coefficient (Wildman–Crippen LogP) is 2.87. The van der Waals surface area contributed by atoms with Crippen LogP contribution in [0.5, 0.6) is 11.6 Å². The molecule has 9 heteroatoms. The molecule has 28 heavy (non-hydrogen) atoms. The van der Waals surface area contributed by atoms with Crippen LogP contribution in [0.25, 0.3) is 0 Å². The summed E-state index contributed by atoms with van der Waals surface area (Å²) >= 11 is 0. The molecule has 0 unspecified atom stereocenters. The summed E-state index contributed by atoms with van der Waals surface area (Å²) in [4.78, 5) is 39.0. The van der Waals surface area contributed by atoms with Gasteiger partial charge in [-0.2, -0.15) is 0 Å². The Kier molecular flexibility index (Phi) is 11.1. The largest absolute Gasteiger partial charge is 0.491 e. The number of nitrogens with one attached hydrogen (secondary N) is 1. The maximum atomic E-state index is 12.1. The Labute approximate surface area is 164 Å². The Hall–Kier alpha value is -2.84. The summed E-state index contributed by atoms with van der Waals surface area (Å²) in [6.45, 7) is 4.00.